The molecule has 0 radical (unpaired) electrons. The van der Waals surface area contributed by atoms with Crippen LogP contribution in [-0.4, -0.2) is 58.6 Å². The van der Waals surface area contributed by atoms with Crippen LogP contribution in [0.4, 0.5) is 5.13 Å². The zero-order valence-electron chi connectivity index (χ0n) is 12.3. The molecular formula is C13H22N2O4S. The molecule has 114 valence electrons. The number of carbonyl (C=O) groups is 1. The Labute approximate surface area is 123 Å². The molecule has 0 fully saturated rings. The van der Waals surface area contributed by atoms with Gasteiger partial charge in [0.25, 0.3) is 0 Å². The van der Waals surface area contributed by atoms with Gasteiger partial charge < -0.3 is 19.1 Å². The molecule has 1 rings (SSSR count). The quantitative estimate of drug-likeness (QED) is 0.608. The fourth-order valence-corrected chi connectivity index (χ4v) is 2.51. The summed E-state index contributed by atoms with van der Waals surface area (Å²) in [6.07, 6.45) is 0.960. The Morgan fingerprint density at radius 3 is 2.45 bits per heavy atom. The van der Waals surface area contributed by atoms with Crippen LogP contribution in [0.25, 0.3) is 0 Å². The van der Waals surface area contributed by atoms with Crippen molar-refractivity contribution < 1.29 is 19.0 Å². The second kappa shape index (κ2) is 9.68. The molecule has 0 aromatic carbocycles. The predicted molar refractivity (Wildman–Crippen MR) is 78.4 cm³/mol. The van der Waals surface area contributed by atoms with Gasteiger partial charge in [-0.3, -0.25) is 4.79 Å². The number of thiazole rings is 1. The summed E-state index contributed by atoms with van der Waals surface area (Å²) in [4.78, 5) is 17.8. The Morgan fingerprint density at radius 2 is 1.90 bits per heavy atom. The average Bonchev–Trinajstić information content (AvgIpc) is 2.93. The van der Waals surface area contributed by atoms with E-state index >= 15 is 0 Å². The zero-order valence-corrected chi connectivity index (χ0v) is 13.1. The first-order valence-corrected chi connectivity index (χ1v) is 7.33. The minimum Gasteiger partial charge on any atom is -0.469 e. The summed E-state index contributed by atoms with van der Waals surface area (Å²) in [5, 5.41) is 2.91. The summed E-state index contributed by atoms with van der Waals surface area (Å²) < 4.78 is 14.8. The predicted octanol–water partition coefficient (Wildman–Crippen LogP) is 1.35. The van der Waals surface area contributed by atoms with Crippen molar-refractivity contribution >= 4 is 22.4 Å². The van der Waals surface area contributed by atoms with Crippen molar-refractivity contribution in [3.8, 4) is 0 Å². The maximum atomic E-state index is 11.1. The van der Waals surface area contributed by atoms with Gasteiger partial charge in [-0.1, -0.05) is 0 Å². The molecule has 0 atom stereocenters. The molecule has 20 heavy (non-hydrogen) atoms. The van der Waals surface area contributed by atoms with Crippen LogP contribution in [0, 0.1) is 0 Å². The van der Waals surface area contributed by atoms with Gasteiger partial charge in [0.05, 0.1) is 32.4 Å². The van der Waals surface area contributed by atoms with Crippen LogP contribution < -0.4 is 4.90 Å². The number of ether oxygens (including phenoxy) is 3. The summed E-state index contributed by atoms with van der Waals surface area (Å²) in [5.41, 5.74) is 0.912. The van der Waals surface area contributed by atoms with Gasteiger partial charge in [0.15, 0.2) is 5.13 Å². The third-order valence-electron chi connectivity index (χ3n) is 2.75. The van der Waals surface area contributed by atoms with Gasteiger partial charge in [0.2, 0.25) is 0 Å². The highest BCUT2D eigenvalue weighted by atomic mass is 32.1. The van der Waals surface area contributed by atoms with E-state index in [-0.39, 0.29) is 5.97 Å². The first-order chi connectivity index (χ1) is 9.71. The molecule has 0 spiro atoms. The number of methoxy groups -OCH3 is 3. The standard InChI is InChI=1S/C13H22N2O4S/c1-17-8-6-15(7-9-18-2)13-14-11(10-20-13)4-5-12(16)19-3/h10H,4-9H2,1-3H3. The molecule has 0 saturated heterocycles. The molecule has 0 aliphatic heterocycles. The van der Waals surface area contributed by atoms with Crippen LogP contribution in [0.5, 0.6) is 0 Å². The van der Waals surface area contributed by atoms with Crippen LogP contribution in [0.15, 0.2) is 5.38 Å². The Morgan fingerprint density at radius 1 is 1.25 bits per heavy atom. The summed E-state index contributed by atoms with van der Waals surface area (Å²) in [6.45, 7) is 2.81. The lowest BCUT2D eigenvalue weighted by Gasteiger charge is -2.20. The fourth-order valence-electron chi connectivity index (χ4n) is 1.59. The molecule has 1 aromatic rings. The number of esters is 1. The molecule has 0 N–H and O–H groups in total. The smallest absolute Gasteiger partial charge is 0.305 e. The third-order valence-corrected chi connectivity index (χ3v) is 3.70. The lowest BCUT2D eigenvalue weighted by Crippen LogP contribution is -2.30. The minimum absolute atomic E-state index is 0.213. The van der Waals surface area contributed by atoms with E-state index in [1.807, 2.05) is 5.38 Å². The van der Waals surface area contributed by atoms with Gasteiger partial charge >= 0.3 is 5.97 Å². The highest BCUT2D eigenvalue weighted by Gasteiger charge is 2.12. The average molecular weight is 302 g/mol. The summed E-state index contributed by atoms with van der Waals surface area (Å²) in [6, 6.07) is 0. The number of anilines is 1. The van der Waals surface area contributed by atoms with E-state index in [2.05, 4.69) is 14.6 Å². The van der Waals surface area contributed by atoms with Crippen molar-refractivity contribution in [2.45, 2.75) is 12.8 Å². The van der Waals surface area contributed by atoms with Crippen LogP contribution in [-0.2, 0) is 25.4 Å². The van der Waals surface area contributed by atoms with E-state index in [1.165, 1.54) is 7.11 Å². The van der Waals surface area contributed by atoms with E-state index in [4.69, 9.17) is 9.47 Å². The van der Waals surface area contributed by atoms with Crippen molar-refractivity contribution in [1.29, 1.82) is 0 Å². The van der Waals surface area contributed by atoms with Crippen molar-refractivity contribution in [3.05, 3.63) is 11.1 Å². The molecule has 0 bridgehead atoms. The highest BCUT2D eigenvalue weighted by Crippen LogP contribution is 2.21. The number of rotatable bonds is 10. The van der Waals surface area contributed by atoms with Gasteiger partial charge in [-0.15, -0.1) is 11.3 Å². The summed E-state index contributed by atoms with van der Waals surface area (Å²) in [7, 11) is 4.75. The van der Waals surface area contributed by atoms with E-state index in [0.29, 0.717) is 26.1 Å². The number of nitrogens with zero attached hydrogens (tertiary/aromatic N) is 2. The third kappa shape index (κ3) is 5.85. The molecule has 0 aliphatic carbocycles. The first kappa shape index (κ1) is 16.9. The second-order valence-corrected chi connectivity index (χ2v) is 5.01. The normalized spacial score (nSPS) is 10.6. The van der Waals surface area contributed by atoms with Crippen molar-refractivity contribution in [2.75, 3.05) is 52.5 Å². The topological polar surface area (TPSA) is 60.9 Å². The number of aryl methyl sites for hydroxylation is 1. The monoisotopic (exact) mass is 302 g/mol. The second-order valence-electron chi connectivity index (χ2n) is 4.17. The van der Waals surface area contributed by atoms with Crippen LogP contribution >= 0.6 is 11.3 Å². The van der Waals surface area contributed by atoms with E-state index < -0.39 is 0 Å². The Balaban J connectivity index is 2.57. The molecule has 6 nitrogen and oxygen atoms in total. The lowest BCUT2D eigenvalue weighted by molar-refractivity contribution is -0.140. The lowest BCUT2D eigenvalue weighted by atomic mass is 10.2. The van der Waals surface area contributed by atoms with Gasteiger partial charge in [0.1, 0.15) is 0 Å². The Hall–Kier alpha value is -1.18. The molecule has 0 aliphatic rings. The maximum absolute atomic E-state index is 11.1. The van der Waals surface area contributed by atoms with E-state index in [0.717, 1.165) is 23.9 Å². The maximum Gasteiger partial charge on any atom is 0.305 e. The van der Waals surface area contributed by atoms with Crippen molar-refractivity contribution in [1.82, 2.24) is 4.98 Å². The van der Waals surface area contributed by atoms with Gasteiger partial charge in [-0.05, 0) is 0 Å². The van der Waals surface area contributed by atoms with Crippen molar-refractivity contribution in [2.24, 2.45) is 0 Å². The number of aromatic nitrogens is 1. The van der Waals surface area contributed by atoms with Crippen LogP contribution in [0.2, 0.25) is 0 Å². The minimum atomic E-state index is -0.213. The molecule has 1 heterocycles. The molecule has 1 aromatic heterocycles. The number of carbonyl (C=O) groups excluding carboxylic acids is 1. The fraction of sp³-hybridized carbons (Fsp3) is 0.692. The zero-order chi connectivity index (χ0) is 14.8. The highest BCUT2D eigenvalue weighted by molar-refractivity contribution is 7.13. The summed E-state index contributed by atoms with van der Waals surface area (Å²) in [5.74, 6) is -0.213. The van der Waals surface area contributed by atoms with Crippen LogP contribution in [0.3, 0.4) is 0 Å². The van der Waals surface area contributed by atoms with Gasteiger partial charge in [-0.2, -0.15) is 0 Å². The largest absolute Gasteiger partial charge is 0.469 e. The molecule has 0 amide bonds. The molecule has 0 unspecified atom stereocenters. The van der Waals surface area contributed by atoms with Gasteiger partial charge in [0, 0.05) is 39.1 Å². The van der Waals surface area contributed by atoms with E-state index in [1.54, 1.807) is 25.6 Å². The van der Waals surface area contributed by atoms with Gasteiger partial charge in [-0.25, -0.2) is 4.98 Å². The van der Waals surface area contributed by atoms with E-state index in [9.17, 15) is 4.79 Å². The molecular weight excluding hydrogens is 280 g/mol. The number of hydrogen-bond donors (Lipinski definition) is 0. The number of hydrogen-bond acceptors (Lipinski definition) is 7. The first-order valence-electron chi connectivity index (χ1n) is 6.45. The summed E-state index contributed by atoms with van der Waals surface area (Å²) >= 11 is 1.57. The SMILES string of the molecule is COCCN(CCOC)c1nc(CCC(=O)OC)cs1. The molecule has 0 saturated carbocycles. The Kier molecular flexibility index (Phi) is 8.17. The van der Waals surface area contributed by atoms with Crippen LogP contribution in [0.1, 0.15) is 12.1 Å². The van der Waals surface area contributed by atoms with Crippen molar-refractivity contribution in [3.63, 3.8) is 0 Å². The molecule has 7 heteroatoms. The Bertz CT molecular complexity index is 389.